The minimum absolute atomic E-state index is 0.106. The Morgan fingerprint density at radius 3 is 2.33 bits per heavy atom. The average molecular weight is 362 g/mol. The van der Waals surface area contributed by atoms with Gasteiger partial charge in [-0.15, -0.1) is 0 Å². The highest BCUT2D eigenvalue weighted by Gasteiger charge is 2.14. The number of pyridine rings is 1. The summed E-state index contributed by atoms with van der Waals surface area (Å²) < 4.78 is 12.6. The molecule has 0 unspecified atom stereocenters. The lowest BCUT2D eigenvalue weighted by atomic mass is 10.1. The summed E-state index contributed by atoms with van der Waals surface area (Å²) >= 11 is 0. The summed E-state index contributed by atoms with van der Waals surface area (Å²) in [6, 6.07) is 15.9. The number of methoxy groups -OCH3 is 1. The molecule has 3 aromatic rings. The van der Waals surface area contributed by atoms with Crippen LogP contribution in [-0.4, -0.2) is 18.4 Å². The van der Waals surface area contributed by atoms with E-state index in [0.29, 0.717) is 34.8 Å². The largest absolute Gasteiger partial charge is 0.493 e. The first-order valence-electron chi connectivity index (χ1n) is 8.37. The van der Waals surface area contributed by atoms with Crippen molar-refractivity contribution in [3.63, 3.8) is 0 Å². The fourth-order valence-electron chi connectivity index (χ4n) is 2.58. The van der Waals surface area contributed by atoms with Crippen LogP contribution in [0, 0.1) is 11.3 Å². The minimum Gasteiger partial charge on any atom is -0.493 e. The number of nitrogens with zero attached hydrogens (tertiary/aromatic N) is 2. The number of rotatable bonds is 6. The molecule has 1 aromatic heterocycles. The molecule has 136 valence electrons. The van der Waals surface area contributed by atoms with Gasteiger partial charge in [0.1, 0.15) is 6.61 Å². The molecule has 0 saturated heterocycles. The third-order valence-electron chi connectivity index (χ3n) is 3.86. The standard InChI is InChI=1S/C21H18N2O4/c1-3-26-23-13-17(16-10-8-15(12-22)9-11-16)21(24)20(14-23)27-19-7-5-4-6-18(19)25-2/h4-11,13-14H,3H2,1-2H3. The van der Waals surface area contributed by atoms with Crippen molar-refractivity contribution in [1.29, 1.82) is 5.26 Å². The van der Waals surface area contributed by atoms with Crippen molar-refractivity contribution in [3.05, 3.63) is 76.7 Å². The van der Waals surface area contributed by atoms with E-state index < -0.39 is 0 Å². The number of ether oxygens (including phenoxy) is 2. The Bertz CT molecular complexity index is 1030. The number of hydrogen-bond donors (Lipinski definition) is 0. The number of para-hydroxylation sites is 2. The molecule has 0 aliphatic carbocycles. The van der Waals surface area contributed by atoms with Crippen LogP contribution >= 0.6 is 0 Å². The summed E-state index contributed by atoms with van der Waals surface area (Å²) in [5, 5.41) is 8.96. The van der Waals surface area contributed by atoms with Gasteiger partial charge in [0, 0.05) is 0 Å². The van der Waals surface area contributed by atoms with Crippen molar-refractivity contribution in [1.82, 2.24) is 4.73 Å². The van der Waals surface area contributed by atoms with Gasteiger partial charge < -0.3 is 14.3 Å². The van der Waals surface area contributed by atoms with Crippen LogP contribution in [0.15, 0.2) is 65.7 Å². The van der Waals surface area contributed by atoms with Gasteiger partial charge in [0.25, 0.3) is 0 Å². The maximum atomic E-state index is 13.0. The lowest BCUT2D eigenvalue weighted by Gasteiger charge is -2.14. The van der Waals surface area contributed by atoms with Crippen LogP contribution in [0.1, 0.15) is 12.5 Å². The minimum atomic E-state index is -0.290. The van der Waals surface area contributed by atoms with Crippen molar-refractivity contribution in [2.24, 2.45) is 0 Å². The quantitative estimate of drug-likeness (QED) is 0.669. The molecule has 0 atom stereocenters. The molecule has 27 heavy (non-hydrogen) atoms. The Labute approximate surface area is 156 Å². The van der Waals surface area contributed by atoms with Gasteiger partial charge in [0.2, 0.25) is 5.43 Å². The van der Waals surface area contributed by atoms with Gasteiger partial charge in [-0.25, -0.2) is 0 Å². The summed E-state index contributed by atoms with van der Waals surface area (Å²) in [6.45, 7) is 2.27. The molecule has 0 spiro atoms. The molecule has 6 heteroatoms. The van der Waals surface area contributed by atoms with Gasteiger partial charge in [0.15, 0.2) is 17.2 Å². The van der Waals surface area contributed by atoms with Crippen LogP contribution in [0.25, 0.3) is 11.1 Å². The Kier molecular flexibility index (Phi) is 5.43. The van der Waals surface area contributed by atoms with Crippen LogP contribution in [0.2, 0.25) is 0 Å². The lowest BCUT2D eigenvalue weighted by molar-refractivity contribution is 0.119. The van der Waals surface area contributed by atoms with Crippen LogP contribution in [0.5, 0.6) is 17.2 Å². The Hall–Kier alpha value is -3.72. The Balaban J connectivity index is 2.09. The number of benzene rings is 2. The summed E-state index contributed by atoms with van der Waals surface area (Å²) in [6.07, 6.45) is 3.09. The van der Waals surface area contributed by atoms with Gasteiger partial charge in [-0.2, -0.15) is 9.99 Å². The molecule has 0 fully saturated rings. The highest BCUT2D eigenvalue weighted by atomic mass is 16.7. The molecule has 6 nitrogen and oxygen atoms in total. The first-order chi connectivity index (χ1) is 13.2. The first-order valence-corrected chi connectivity index (χ1v) is 8.37. The number of hydrogen-bond acceptors (Lipinski definition) is 5. The van der Waals surface area contributed by atoms with Gasteiger partial charge >= 0.3 is 0 Å². The summed E-state index contributed by atoms with van der Waals surface area (Å²) in [4.78, 5) is 18.5. The lowest BCUT2D eigenvalue weighted by Crippen LogP contribution is -2.17. The second-order valence-corrected chi connectivity index (χ2v) is 5.58. The van der Waals surface area contributed by atoms with Crippen molar-refractivity contribution in [2.45, 2.75) is 6.92 Å². The molecule has 0 N–H and O–H groups in total. The van der Waals surface area contributed by atoms with Gasteiger partial charge in [0.05, 0.1) is 36.7 Å². The van der Waals surface area contributed by atoms with Crippen LogP contribution in [-0.2, 0) is 0 Å². The van der Waals surface area contributed by atoms with Gasteiger partial charge in [-0.05, 0) is 36.8 Å². The average Bonchev–Trinajstić information content (AvgIpc) is 2.71. The van der Waals surface area contributed by atoms with Crippen molar-refractivity contribution >= 4 is 0 Å². The van der Waals surface area contributed by atoms with Gasteiger partial charge in [-0.3, -0.25) is 4.79 Å². The predicted molar refractivity (Wildman–Crippen MR) is 101 cm³/mol. The molecule has 1 heterocycles. The first kappa shape index (κ1) is 18.1. The highest BCUT2D eigenvalue weighted by Crippen LogP contribution is 2.30. The van der Waals surface area contributed by atoms with Crippen molar-refractivity contribution in [2.75, 3.05) is 13.7 Å². The van der Waals surface area contributed by atoms with E-state index in [1.165, 1.54) is 18.0 Å². The molecular formula is C21H18N2O4. The molecule has 0 amide bonds. The molecule has 0 aliphatic rings. The molecule has 3 rings (SSSR count). The fraction of sp³-hybridized carbons (Fsp3) is 0.143. The normalized spacial score (nSPS) is 10.1. The van der Waals surface area contributed by atoms with Crippen LogP contribution in [0.4, 0.5) is 0 Å². The van der Waals surface area contributed by atoms with E-state index in [9.17, 15) is 4.79 Å². The maximum absolute atomic E-state index is 13.0. The molecule has 0 radical (unpaired) electrons. The van der Waals surface area contributed by atoms with E-state index in [2.05, 4.69) is 6.07 Å². The van der Waals surface area contributed by atoms with E-state index in [0.717, 1.165) is 0 Å². The number of nitriles is 1. The topological polar surface area (TPSA) is 73.5 Å². The zero-order valence-corrected chi connectivity index (χ0v) is 15.0. The van der Waals surface area contributed by atoms with Gasteiger partial charge in [-0.1, -0.05) is 24.3 Å². The zero-order valence-electron chi connectivity index (χ0n) is 15.0. The van der Waals surface area contributed by atoms with E-state index in [4.69, 9.17) is 19.6 Å². The molecule has 0 bridgehead atoms. The van der Waals surface area contributed by atoms with E-state index >= 15 is 0 Å². The zero-order chi connectivity index (χ0) is 19.2. The van der Waals surface area contributed by atoms with Crippen LogP contribution in [0.3, 0.4) is 0 Å². The molecule has 0 aliphatic heterocycles. The second-order valence-electron chi connectivity index (χ2n) is 5.58. The molecular weight excluding hydrogens is 344 g/mol. The second kappa shape index (κ2) is 8.11. The maximum Gasteiger partial charge on any atom is 0.232 e. The third-order valence-corrected chi connectivity index (χ3v) is 3.86. The number of aromatic nitrogens is 1. The predicted octanol–water partition coefficient (Wildman–Crippen LogP) is 3.64. The van der Waals surface area contributed by atoms with E-state index in [1.54, 1.807) is 48.7 Å². The monoisotopic (exact) mass is 362 g/mol. The fourth-order valence-corrected chi connectivity index (χ4v) is 2.58. The summed E-state index contributed by atoms with van der Waals surface area (Å²) in [5.74, 6) is 1.05. The summed E-state index contributed by atoms with van der Waals surface area (Å²) in [5.41, 5.74) is 1.30. The van der Waals surface area contributed by atoms with E-state index in [1.807, 2.05) is 13.0 Å². The summed E-state index contributed by atoms with van der Waals surface area (Å²) in [7, 11) is 1.54. The smallest absolute Gasteiger partial charge is 0.232 e. The molecule has 0 saturated carbocycles. The molecule has 2 aromatic carbocycles. The Morgan fingerprint density at radius 2 is 1.70 bits per heavy atom. The third kappa shape index (κ3) is 3.93. The van der Waals surface area contributed by atoms with Crippen molar-refractivity contribution in [3.8, 4) is 34.4 Å². The van der Waals surface area contributed by atoms with Crippen molar-refractivity contribution < 1.29 is 14.3 Å². The Morgan fingerprint density at radius 1 is 1.00 bits per heavy atom. The van der Waals surface area contributed by atoms with Crippen LogP contribution < -0.4 is 19.7 Å². The SMILES string of the molecule is CCOn1cc(Oc2ccccc2OC)c(=O)c(-c2ccc(C#N)cc2)c1. The van der Waals surface area contributed by atoms with E-state index in [-0.39, 0.29) is 11.2 Å². The highest BCUT2D eigenvalue weighted by molar-refractivity contribution is 5.65.